The summed E-state index contributed by atoms with van der Waals surface area (Å²) in [4.78, 5) is 12.7. The Kier molecular flexibility index (Phi) is 4.03. The molecule has 0 fully saturated rings. The first-order valence-corrected chi connectivity index (χ1v) is 9.82. The van der Waals surface area contributed by atoms with Gasteiger partial charge in [0.15, 0.2) is 5.60 Å². The molecule has 2 heterocycles. The van der Waals surface area contributed by atoms with Crippen molar-refractivity contribution < 1.29 is 28.1 Å². The van der Waals surface area contributed by atoms with Crippen molar-refractivity contribution in [3.63, 3.8) is 0 Å². The van der Waals surface area contributed by atoms with Crippen molar-refractivity contribution in [1.82, 2.24) is 0 Å². The molecule has 1 atom stereocenters. The van der Waals surface area contributed by atoms with E-state index in [2.05, 4.69) is 0 Å². The lowest BCUT2D eigenvalue weighted by atomic mass is 9.77. The Morgan fingerprint density at radius 2 is 1.62 bits per heavy atom. The molecule has 0 aliphatic carbocycles. The minimum atomic E-state index is -1.14. The monoisotopic (exact) mass is 406 g/mol. The van der Waals surface area contributed by atoms with Crippen molar-refractivity contribution in [2.75, 3.05) is 6.61 Å². The van der Waals surface area contributed by atoms with Gasteiger partial charge in [0.05, 0.1) is 12.2 Å². The van der Waals surface area contributed by atoms with E-state index in [0.717, 1.165) is 5.56 Å². The van der Waals surface area contributed by atoms with Crippen LogP contribution in [0.3, 0.4) is 0 Å². The predicted octanol–water partition coefficient (Wildman–Crippen LogP) is 5.24. The zero-order valence-electron chi connectivity index (χ0n) is 15.4. The second-order valence-electron chi connectivity index (χ2n) is 6.63. The standard InChI is InChI=1S/C22H15O6P/c1-2-25-13-7-9-17-19(11-13)26-20-12-14(28-29-24)8-10-18(20)22(17)16-6-4-3-5-15(16)21(23)27-22/h3-12H,2H2,1H3. The fourth-order valence-electron chi connectivity index (χ4n) is 3.99. The van der Waals surface area contributed by atoms with Crippen LogP contribution in [0.15, 0.2) is 60.7 Å². The number of hydrogen-bond acceptors (Lipinski definition) is 6. The summed E-state index contributed by atoms with van der Waals surface area (Å²) < 4.78 is 33.7. The van der Waals surface area contributed by atoms with Gasteiger partial charge in [-0.15, -0.1) is 0 Å². The molecule has 29 heavy (non-hydrogen) atoms. The van der Waals surface area contributed by atoms with Gasteiger partial charge >= 0.3 is 14.7 Å². The van der Waals surface area contributed by atoms with Crippen LogP contribution < -0.4 is 14.0 Å². The Balaban J connectivity index is 1.80. The van der Waals surface area contributed by atoms with Gasteiger partial charge in [-0.05, 0) is 37.3 Å². The highest BCUT2D eigenvalue weighted by Crippen LogP contribution is 2.57. The molecule has 0 saturated heterocycles. The third kappa shape index (κ3) is 2.53. The number of carbonyl (C=O) groups is 1. The fraction of sp³-hybridized carbons (Fsp3) is 0.136. The molecule has 0 bridgehead atoms. The van der Waals surface area contributed by atoms with Gasteiger partial charge in [-0.3, -0.25) is 0 Å². The van der Waals surface area contributed by atoms with Crippen LogP contribution in [0.2, 0.25) is 0 Å². The van der Waals surface area contributed by atoms with E-state index < -0.39 is 20.3 Å². The van der Waals surface area contributed by atoms with Gasteiger partial charge in [0.1, 0.15) is 23.0 Å². The Morgan fingerprint density at radius 3 is 2.34 bits per heavy atom. The zero-order chi connectivity index (χ0) is 20.0. The van der Waals surface area contributed by atoms with Crippen LogP contribution in [0.1, 0.15) is 34.0 Å². The van der Waals surface area contributed by atoms with Crippen molar-refractivity contribution in [2.24, 2.45) is 0 Å². The van der Waals surface area contributed by atoms with Crippen LogP contribution >= 0.6 is 8.69 Å². The molecule has 0 amide bonds. The second kappa shape index (κ2) is 6.61. The summed E-state index contributed by atoms with van der Waals surface area (Å²) in [5, 5.41) is 0. The number of ether oxygens (including phenoxy) is 3. The number of esters is 1. The van der Waals surface area contributed by atoms with Crippen LogP contribution in [-0.4, -0.2) is 12.6 Å². The molecule has 0 saturated carbocycles. The van der Waals surface area contributed by atoms with Gasteiger partial charge < -0.3 is 18.7 Å². The predicted molar refractivity (Wildman–Crippen MR) is 104 cm³/mol. The SMILES string of the molecule is CCOc1ccc2c(c1)Oc1cc(OP=O)ccc1C21OC(=O)c2ccccc21. The highest BCUT2D eigenvalue weighted by Gasteiger charge is 2.53. The fourth-order valence-corrected chi connectivity index (χ4v) is 4.19. The molecule has 1 spiro atoms. The van der Waals surface area contributed by atoms with Crippen LogP contribution in [0.25, 0.3) is 0 Å². The van der Waals surface area contributed by atoms with E-state index in [4.69, 9.17) is 18.7 Å². The normalized spacial score (nSPS) is 18.4. The quantitative estimate of drug-likeness (QED) is 0.436. The first kappa shape index (κ1) is 17.7. The Morgan fingerprint density at radius 1 is 0.931 bits per heavy atom. The molecule has 3 aromatic carbocycles. The zero-order valence-corrected chi connectivity index (χ0v) is 16.3. The first-order chi connectivity index (χ1) is 14.2. The van der Waals surface area contributed by atoms with E-state index in [-0.39, 0.29) is 0 Å². The van der Waals surface area contributed by atoms with Crippen molar-refractivity contribution in [1.29, 1.82) is 0 Å². The van der Waals surface area contributed by atoms with Crippen LogP contribution in [-0.2, 0) is 14.9 Å². The highest BCUT2D eigenvalue weighted by molar-refractivity contribution is 7.17. The summed E-state index contributed by atoms with van der Waals surface area (Å²) in [6.07, 6.45) is 0. The average molecular weight is 406 g/mol. The van der Waals surface area contributed by atoms with E-state index in [0.29, 0.717) is 46.3 Å². The summed E-state index contributed by atoms with van der Waals surface area (Å²) >= 11 is 0. The lowest BCUT2D eigenvalue weighted by molar-refractivity contribution is 0.0224. The average Bonchev–Trinajstić information content (AvgIpc) is 3.02. The molecule has 3 aromatic rings. The topological polar surface area (TPSA) is 71.1 Å². The van der Waals surface area contributed by atoms with E-state index >= 15 is 0 Å². The lowest BCUT2D eigenvalue weighted by Gasteiger charge is -2.36. The van der Waals surface area contributed by atoms with Crippen molar-refractivity contribution in [3.05, 3.63) is 82.9 Å². The van der Waals surface area contributed by atoms with E-state index in [1.807, 2.05) is 37.3 Å². The number of fused-ring (bicyclic) bond motifs is 6. The maximum absolute atomic E-state index is 12.7. The largest absolute Gasteiger partial charge is 0.494 e. The van der Waals surface area contributed by atoms with Gasteiger partial charge in [-0.25, -0.2) is 9.36 Å². The lowest BCUT2D eigenvalue weighted by Crippen LogP contribution is -2.33. The summed E-state index contributed by atoms with van der Waals surface area (Å²) in [5.74, 6) is 1.60. The summed E-state index contributed by atoms with van der Waals surface area (Å²) in [6.45, 7) is 2.41. The second-order valence-corrected chi connectivity index (χ2v) is 6.96. The molecule has 0 N–H and O–H groups in total. The molecule has 0 aromatic heterocycles. The van der Waals surface area contributed by atoms with Gasteiger partial charge in [0.2, 0.25) is 0 Å². The molecule has 2 aliphatic heterocycles. The van der Waals surface area contributed by atoms with Crippen LogP contribution in [0, 0.1) is 0 Å². The Bertz CT molecular complexity index is 1160. The van der Waals surface area contributed by atoms with Crippen LogP contribution in [0.4, 0.5) is 0 Å². The number of benzene rings is 3. The molecule has 144 valence electrons. The number of hydrogen-bond donors (Lipinski definition) is 0. The Labute approximate surface area is 168 Å². The van der Waals surface area contributed by atoms with Crippen molar-refractivity contribution in [2.45, 2.75) is 12.5 Å². The summed E-state index contributed by atoms with van der Waals surface area (Å²) in [6, 6.07) is 17.9. The first-order valence-electron chi connectivity index (χ1n) is 9.09. The van der Waals surface area contributed by atoms with Gasteiger partial charge in [0, 0.05) is 28.8 Å². The third-order valence-electron chi connectivity index (χ3n) is 5.11. The minimum absolute atomic E-state index is 0.373. The molecule has 6 nitrogen and oxygen atoms in total. The van der Waals surface area contributed by atoms with Gasteiger partial charge in [0.25, 0.3) is 0 Å². The third-order valence-corrected chi connectivity index (χ3v) is 5.40. The van der Waals surface area contributed by atoms with Crippen molar-refractivity contribution >= 4 is 14.7 Å². The van der Waals surface area contributed by atoms with E-state index in [1.54, 1.807) is 30.3 Å². The Hall–Kier alpha value is -3.37. The summed E-state index contributed by atoms with van der Waals surface area (Å²) in [7, 11) is -0.467. The van der Waals surface area contributed by atoms with Gasteiger partial charge in [-0.1, -0.05) is 18.2 Å². The summed E-state index contributed by atoms with van der Waals surface area (Å²) in [5.41, 5.74) is 1.49. The van der Waals surface area contributed by atoms with Gasteiger partial charge in [-0.2, -0.15) is 0 Å². The molecular formula is C22H15O6P. The minimum Gasteiger partial charge on any atom is -0.494 e. The molecule has 2 aliphatic rings. The molecular weight excluding hydrogens is 391 g/mol. The van der Waals surface area contributed by atoms with Crippen molar-refractivity contribution in [3.8, 4) is 23.0 Å². The molecule has 5 rings (SSSR count). The number of rotatable bonds is 4. The maximum atomic E-state index is 12.7. The van der Waals surface area contributed by atoms with Crippen LogP contribution in [0.5, 0.6) is 23.0 Å². The van der Waals surface area contributed by atoms with E-state index in [9.17, 15) is 9.36 Å². The number of carbonyl (C=O) groups excluding carboxylic acids is 1. The smallest absolute Gasteiger partial charge is 0.395 e. The molecule has 1 unspecified atom stereocenters. The highest BCUT2D eigenvalue weighted by atomic mass is 31.1. The molecule has 0 radical (unpaired) electrons. The maximum Gasteiger partial charge on any atom is 0.395 e. The molecule has 7 heteroatoms. The van der Waals surface area contributed by atoms with E-state index in [1.165, 1.54) is 0 Å².